The Morgan fingerprint density at radius 3 is 1.33 bits per heavy atom. The van der Waals surface area contributed by atoms with Crippen molar-refractivity contribution in [3.63, 3.8) is 0 Å². The Hall–Kier alpha value is -6.60. The second-order valence-corrected chi connectivity index (χ2v) is 15.1. The van der Waals surface area contributed by atoms with E-state index in [2.05, 4.69) is 82.6 Å². The highest BCUT2D eigenvalue weighted by Crippen LogP contribution is 2.54. The highest BCUT2D eigenvalue weighted by atomic mass is 16.3. The molecule has 0 heterocycles. The lowest BCUT2D eigenvalue weighted by Gasteiger charge is -2.61. The van der Waals surface area contributed by atoms with Crippen LogP contribution in [0.15, 0.2) is 170 Å². The molecule has 2 unspecified atom stereocenters. The van der Waals surface area contributed by atoms with E-state index in [1.165, 1.54) is 0 Å². The number of phenolic OH excluding ortho intramolecular Hbond substituents is 2. The van der Waals surface area contributed by atoms with Gasteiger partial charge in [-0.15, -0.1) is 12.2 Å². The Balaban J connectivity index is 1.23. The van der Waals surface area contributed by atoms with Crippen LogP contribution in [0.25, 0.3) is 43.8 Å². The number of rotatable bonds is 10. The first-order chi connectivity index (χ1) is 28.4. The van der Waals surface area contributed by atoms with Gasteiger partial charge in [0.2, 0.25) is 0 Å². The number of benzene rings is 8. The summed E-state index contributed by atoms with van der Waals surface area (Å²) in [6, 6.07) is 56.5. The van der Waals surface area contributed by atoms with Crippen LogP contribution in [-0.2, 0) is 0 Å². The molecule has 0 bridgehead atoms. The van der Waals surface area contributed by atoms with Crippen molar-refractivity contribution < 1.29 is 20.4 Å². The quantitative estimate of drug-likeness (QED) is 0.144. The first kappa shape index (κ1) is 37.0. The normalized spacial score (nSPS) is 17.6. The fourth-order valence-electron chi connectivity index (χ4n) is 9.00. The van der Waals surface area contributed by atoms with Crippen molar-refractivity contribution in [3.05, 3.63) is 181 Å². The van der Waals surface area contributed by atoms with E-state index in [4.69, 9.17) is 0 Å². The monoisotopic (exact) mass is 760 g/mol. The van der Waals surface area contributed by atoms with Crippen molar-refractivity contribution in [1.82, 2.24) is 0 Å². The minimum Gasteiger partial charge on any atom is -0.851 e. The van der Waals surface area contributed by atoms with Gasteiger partial charge in [-0.1, -0.05) is 146 Å². The largest absolute Gasteiger partial charge is 0.851 e. The van der Waals surface area contributed by atoms with E-state index in [9.17, 15) is 20.4 Å². The van der Waals surface area contributed by atoms with E-state index >= 15 is 0 Å². The Labute approximate surface area is 339 Å². The molecule has 0 spiro atoms. The minimum atomic E-state index is -1.34. The molecule has 1 aliphatic rings. The molecule has 2 atom stereocenters. The number of nitrogens with zero attached hydrogens (tertiary/aromatic N) is 2. The molecule has 8 aromatic carbocycles. The third-order valence-electron chi connectivity index (χ3n) is 12.0. The van der Waals surface area contributed by atoms with Gasteiger partial charge in [0.15, 0.2) is 0 Å². The smallest absolute Gasteiger partial charge is 0.121 e. The van der Waals surface area contributed by atoms with Crippen molar-refractivity contribution in [2.24, 2.45) is 0 Å². The van der Waals surface area contributed by atoms with E-state index < -0.39 is 24.0 Å². The number of hydrogen-bond donors (Lipinski definition) is 2. The van der Waals surface area contributed by atoms with E-state index in [0.717, 1.165) is 74.0 Å². The first-order valence-corrected chi connectivity index (χ1v) is 20.0. The number of anilines is 4. The fraction of sp³-hybridized carbons (Fsp3) is 0.154. The standard InChI is InChI=1S/C52H44N2O4/c1-3-53(4-2)37-25-29-43(45(55)31-37)47-51(57)48(52(47)58)44-30-26-38(32-46(44)56)54(49-39-21-13-11-19-35(39)23-27-41(49)33-15-7-5-8-16-33)50-40-22-14-12-20-36(40)24-28-42(50)34-17-9-6-10-18-34/h5-32,47-48,51-52,55-56H,3-4H2,1-2H3/q-2. The molecule has 0 saturated heterocycles. The van der Waals surface area contributed by atoms with Crippen LogP contribution in [0.5, 0.6) is 11.5 Å². The Bertz CT molecular complexity index is 2620. The maximum atomic E-state index is 14.0. The van der Waals surface area contributed by atoms with Crippen molar-refractivity contribution in [3.8, 4) is 33.8 Å². The predicted molar refractivity (Wildman–Crippen MR) is 233 cm³/mol. The summed E-state index contributed by atoms with van der Waals surface area (Å²) in [5.74, 6) is -2.07. The molecular weight excluding hydrogens is 717 g/mol. The predicted octanol–water partition coefficient (Wildman–Crippen LogP) is 10.4. The maximum Gasteiger partial charge on any atom is 0.121 e. The second-order valence-electron chi connectivity index (χ2n) is 15.1. The van der Waals surface area contributed by atoms with Gasteiger partial charge in [0.25, 0.3) is 0 Å². The zero-order valence-electron chi connectivity index (χ0n) is 32.5. The van der Waals surface area contributed by atoms with Gasteiger partial charge in [-0.3, -0.25) is 0 Å². The van der Waals surface area contributed by atoms with E-state index in [-0.39, 0.29) is 11.5 Å². The van der Waals surface area contributed by atoms with Gasteiger partial charge >= 0.3 is 0 Å². The molecule has 1 fully saturated rings. The zero-order chi connectivity index (χ0) is 39.9. The van der Waals surface area contributed by atoms with E-state index in [0.29, 0.717) is 16.8 Å². The van der Waals surface area contributed by atoms with Gasteiger partial charge in [0.05, 0.1) is 11.4 Å². The van der Waals surface area contributed by atoms with Crippen molar-refractivity contribution in [2.75, 3.05) is 22.9 Å². The summed E-state index contributed by atoms with van der Waals surface area (Å²) >= 11 is 0. The molecule has 0 aliphatic heterocycles. The van der Waals surface area contributed by atoms with Crippen LogP contribution in [0, 0.1) is 0 Å². The molecule has 2 N–H and O–H groups in total. The molecule has 288 valence electrons. The molecule has 1 saturated carbocycles. The van der Waals surface area contributed by atoms with Gasteiger partial charge in [-0.05, 0) is 70.8 Å². The van der Waals surface area contributed by atoms with E-state index in [1.807, 2.05) is 86.6 Å². The van der Waals surface area contributed by atoms with E-state index in [1.54, 1.807) is 24.3 Å². The van der Waals surface area contributed by atoms with Crippen LogP contribution in [0.4, 0.5) is 22.7 Å². The molecule has 9 rings (SSSR count). The van der Waals surface area contributed by atoms with Gasteiger partial charge in [-0.25, -0.2) is 0 Å². The minimum absolute atomic E-state index is 0.0432. The molecule has 8 aromatic rings. The maximum absolute atomic E-state index is 14.0. The highest BCUT2D eigenvalue weighted by molar-refractivity contribution is 6.12. The Kier molecular flexibility index (Phi) is 9.82. The first-order valence-electron chi connectivity index (χ1n) is 20.0. The Morgan fingerprint density at radius 1 is 0.466 bits per heavy atom. The molecule has 0 radical (unpaired) electrons. The lowest BCUT2D eigenvalue weighted by atomic mass is 9.63. The lowest BCUT2D eigenvalue weighted by molar-refractivity contribution is -0.536. The summed E-state index contributed by atoms with van der Waals surface area (Å²) < 4.78 is 0. The molecule has 6 nitrogen and oxygen atoms in total. The van der Waals surface area contributed by atoms with Crippen LogP contribution in [0.3, 0.4) is 0 Å². The second kappa shape index (κ2) is 15.4. The van der Waals surface area contributed by atoms with Crippen molar-refractivity contribution in [1.29, 1.82) is 0 Å². The summed E-state index contributed by atoms with van der Waals surface area (Å²) in [7, 11) is 0. The molecule has 58 heavy (non-hydrogen) atoms. The number of hydrogen-bond acceptors (Lipinski definition) is 6. The van der Waals surface area contributed by atoms with Crippen molar-refractivity contribution >= 4 is 44.3 Å². The topological polar surface area (TPSA) is 93.1 Å². The van der Waals surface area contributed by atoms with Crippen LogP contribution in [-0.4, -0.2) is 35.5 Å². The third kappa shape index (κ3) is 6.31. The van der Waals surface area contributed by atoms with Gasteiger partial charge < -0.3 is 30.2 Å². The summed E-state index contributed by atoms with van der Waals surface area (Å²) in [6.45, 7) is 5.61. The summed E-state index contributed by atoms with van der Waals surface area (Å²) in [4.78, 5) is 4.34. The highest BCUT2D eigenvalue weighted by Gasteiger charge is 2.41. The number of aromatic hydroxyl groups is 2. The number of fused-ring (bicyclic) bond motifs is 2. The van der Waals surface area contributed by atoms with Crippen LogP contribution in [0.2, 0.25) is 0 Å². The zero-order valence-corrected chi connectivity index (χ0v) is 32.5. The summed E-state index contributed by atoms with van der Waals surface area (Å²) in [6.07, 6.45) is -2.68. The fourth-order valence-corrected chi connectivity index (χ4v) is 9.00. The van der Waals surface area contributed by atoms with Gasteiger partial charge in [0.1, 0.15) is 11.5 Å². The molecule has 6 heteroatoms. The lowest BCUT2D eigenvalue weighted by Crippen LogP contribution is -2.63. The van der Waals surface area contributed by atoms with Gasteiger partial charge in [0, 0.05) is 58.5 Å². The Morgan fingerprint density at radius 2 is 0.879 bits per heavy atom. The summed E-state index contributed by atoms with van der Waals surface area (Å²) in [5, 5.41) is 55.2. The molecule has 1 aliphatic carbocycles. The molecule has 0 amide bonds. The average Bonchev–Trinajstić information content (AvgIpc) is 3.26. The van der Waals surface area contributed by atoms with Crippen LogP contribution >= 0.6 is 0 Å². The molecular formula is C52H44N2O4-2. The SMILES string of the molecule is CCN(CC)c1ccc(C2C([O-])C(c3ccc(N(c4c(-c5ccccc5)ccc5ccccc45)c4c(-c5ccccc5)ccc5ccccc45)cc3O)C2[O-])c(O)c1. The third-order valence-corrected chi connectivity index (χ3v) is 12.0. The molecule has 0 aromatic heterocycles. The summed E-state index contributed by atoms with van der Waals surface area (Å²) in [5.41, 5.74) is 8.14. The average molecular weight is 761 g/mol. The number of phenols is 2. The van der Waals surface area contributed by atoms with Crippen LogP contribution in [0.1, 0.15) is 36.8 Å². The van der Waals surface area contributed by atoms with Crippen molar-refractivity contribution in [2.45, 2.75) is 37.9 Å². The van der Waals surface area contributed by atoms with Gasteiger partial charge in [-0.2, -0.15) is 0 Å². The van der Waals surface area contributed by atoms with Crippen LogP contribution < -0.4 is 20.0 Å².